The van der Waals surface area contributed by atoms with Gasteiger partial charge in [0, 0.05) is 24.1 Å². The molecule has 0 radical (unpaired) electrons. The molecule has 2 aromatic heterocycles. The largest absolute Gasteiger partial charge is 0.316 e. The minimum absolute atomic E-state index is 0.105. The van der Waals surface area contributed by atoms with E-state index in [0.29, 0.717) is 0 Å². The van der Waals surface area contributed by atoms with Gasteiger partial charge in [0.1, 0.15) is 0 Å². The first-order valence-corrected chi connectivity index (χ1v) is 7.70. The quantitative estimate of drug-likeness (QED) is 0.436. The van der Waals surface area contributed by atoms with E-state index >= 15 is 0 Å². The minimum atomic E-state index is -0.497. The predicted octanol–water partition coefficient (Wildman–Crippen LogP) is 3.84. The fourth-order valence-corrected chi connectivity index (χ4v) is 2.40. The van der Waals surface area contributed by atoms with Crippen molar-refractivity contribution in [2.75, 3.05) is 5.43 Å². The molecule has 3 rings (SSSR count). The molecule has 0 aliphatic carbocycles. The third-order valence-corrected chi connectivity index (χ3v) is 3.90. The van der Waals surface area contributed by atoms with Crippen LogP contribution in [-0.4, -0.2) is 20.7 Å². The summed E-state index contributed by atoms with van der Waals surface area (Å²) < 4.78 is 1.99. The maximum atomic E-state index is 11.0. The lowest BCUT2D eigenvalue weighted by molar-refractivity contribution is -0.384. The van der Waals surface area contributed by atoms with E-state index in [1.54, 1.807) is 6.21 Å². The van der Waals surface area contributed by atoms with Crippen LogP contribution in [0.2, 0.25) is 0 Å². The number of pyridine rings is 1. The highest BCUT2D eigenvalue weighted by Gasteiger charge is 2.13. The van der Waals surface area contributed by atoms with Crippen molar-refractivity contribution in [2.24, 2.45) is 5.10 Å². The highest BCUT2D eigenvalue weighted by molar-refractivity contribution is 5.79. The molecule has 0 bridgehead atoms. The number of hydrogen-bond acceptors (Lipinski definition) is 5. The van der Waals surface area contributed by atoms with Crippen LogP contribution in [0.15, 0.2) is 60.0 Å². The Balaban J connectivity index is 1.83. The molecule has 126 valence electrons. The Bertz CT molecular complexity index is 946. The Morgan fingerprint density at radius 1 is 1.20 bits per heavy atom. The molecule has 0 amide bonds. The average Bonchev–Trinajstić information content (AvgIpc) is 3.06. The first-order valence-electron chi connectivity index (χ1n) is 7.70. The average molecular weight is 335 g/mol. The number of nitrogens with one attached hydrogen (secondary N) is 1. The van der Waals surface area contributed by atoms with Crippen LogP contribution >= 0.6 is 0 Å². The number of hydrazone groups is 1. The summed E-state index contributed by atoms with van der Waals surface area (Å²) in [6.07, 6.45) is 5.02. The molecule has 0 saturated carbocycles. The van der Waals surface area contributed by atoms with E-state index in [2.05, 4.69) is 41.5 Å². The summed E-state index contributed by atoms with van der Waals surface area (Å²) in [4.78, 5) is 14.4. The molecule has 1 N–H and O–H groups in total. The minimum Gasteiger partial charge on any atom is -0.316 e. The third-order valence-electron chi connectivity index (χ3n) is 3.90. The highest BCUT2D eigenvalue weighted by Crippen LogP contribution is 2.20. The van der Waals surface area contributed by atoms with Gasteiger partial charge in [-0.25, -0.2) is 4.98 Å². The topological polar surface area (TPSA) is 85.3 Å². The number of hydrogen-bond donors (Lipinski definition) is 1. The van der Waals surface area contributed by atoms with Crippen molar-refractivity contribution in [3.05, 3.63) is 81.8 Å². The standard InChI is InChI=1S/C18H17N5O2/c1-13-7-8-15(11-14(13)2)22-10-4-5-16(22)12-20-21-18-17(23(24)25)6-3-9-19-18/h3-12H,1-2H3,(H,19,21)/b20-12-. The van der Waals surface area contributed by atoms with Crippen LogP contribution in [-0.2, 0) is 0 Å². The lowest BCUT2D eigenvalue weighted by atomic mass is 10.1. The van der Waals surface area contributed by atoms with Gasteiger partial charge in [0.05, 0.1) is 16.8 Å². The summed E-state index contributed by atoms with van der Waals surface area (Å²) in [5.74, 6) is 0.105. The van der Waals surface area contributed by atoms with Crippen molar-refractivity contribution in [1.29, 1.82) is 0 Å². The van der Waals surface area contributed by atoms with Crippen LogP contribution < -0.4 is 5.43 Å². The molecule has 0 fully saturated rings. The Labute approximate surface area is 144 Å². The number of nitro groups is 1. The van der Waals surface area contributed by atoms with Gasteiger partial charge in [0.15, 0.2) is 0 Å². The SMILES string of the molecule is Cc1ccc(-n2cccc2/C=N\Nc2ncccc2[N+](=O)[O-])cc1C. The van der Waals surface area contributed by atoms with Crippen molar-refractivity contribution in [3.63, 3.8) is 0 Å². The third kappa shape index (κ3) is 3.55. The van der Waals surface area contributed by atoms with Crippen molar-refractivity contribution >= 4 is 17.7 Å². The molecule has 0 atom stereocenters. The van der Waals surface area contributed by atoms with Gasteiger partial charge in [0.2, 0.25) is 5.82 Å². The molecular weight excluding hydrogens is 318 g/mol. The summed E-state index contributed by atoms with van der Waals surface area (Å²) in [7, 11) is 0. The number of aryl methyl sites for hydroxylation is 2. The molecule has 1 aromatic carbocycles. The van der Waals surface area contributed by atoms with Gasteiger partial charge < -0.3 is 4.57 Å². The Morgan fingerprint density at radius 3 is 2.80 bits per heavy atom. The van der Waals surface area contributed by atoms with Crippen molar-refractivity contribution in [1.82, 2.24) is 9.55 Å². The van der Waals surface area contributed by atoms with Gasteiger partial charge in [0.25, 0.3) is 0 Å². The van der Waals surface area contributed by atoms with Gasteiger partial charge in [-0.1, -0.05) is 6.07 Å². The zero-order valence-electron chi connectivity index (χ0n) is 13.9. The van der Waals surface area contributed by atoms with E-state index in [1.807, 2.05) is 29.0 Å². The second-order valence-electron chi connectivity index (χ2n) is 5.57. The summed E-state index contributed by atoms with van der Waals surface area (Å²) in [6.45, 7) is 4.14. The van der Waals surface area contributed by atoms with Crippen molar-refractivity contribution in [3.8, 4) is 5.69 Å². The molecule has 25 heavy (non-hydrogen) atoms. The van der Waals surface area contributed by atoms with Gasteiger partial charge in [-0.05, 0) is 55.3 Å². The monoisotopic (exact) mass is 335 g/mol. The lowest BCUT2D eigenvalue weighted by Crippen LogP contribution is -2.02. The molecule has 0 spiro atoms. The Kier molecular flexibility index (Phi) is 4.56. The molecule has 0 unspecified atom stereocenters. The molecule has 7 heteroatoms. The van der Waals surface area contributed by atoms with Crippen LogP contribution in [0.25, 0.3) is 5.69 Å². The Morgan fingerprint density at radius 2 is 2.04 bits per heavy atom. The maximum Gasteiger partial charge on any atom is 0.313 e. The van der Waals surface area contributed by atoms with Crippen LogP contribution in [0.4, 0.5) is 11.5 Å². The summed E-state index contributed by atoms with van der Waals surface area (Å²) in [5, 5.41) is 15.1. The number of benzene rings is 1. The highest BCUT2D eigenvalue weighted by atomic mass is 16.6. The van der Waals surface area contributed by atoms with E-state index < -0.39 is 4.92 Å². The predicted molar refractivity (Wildman–Crippen MR) is 97.4 cm³/mol. The fraction of sp³-hybridized carbons (Fsp3) is 0.111. The van der Waals surface area contributed by atoms with E-state index in [-0.39, 0.29) is 11.5 Å². The molecular formula is C18H17N5O2. The van der Waals surface area contributed by atoms with E-state index in [9.17, 15) is 10.1 Å². The van der Waals surface area contributed by atoms with Crippen molar-refractivity contribution in [2.45, 2.75) is 13.8 Å². The van der Waals surface area contributed by atoms with E-state index in [1.165, 1.54) is 29.5 Å². The van der Waals surface area contributed by atoms with E-state index in [4.69, 9.17) is 0 Å². The smallest absolute Gasteiger partial charge is 0.313 e. The molecule has 0 saturated heterocycles. The fourth-order valence-electron chi connectivity index (χ4n) is 2.40. The summed E-state index contributed by atoms with van der Waals surface area (Å²) >= 11 is 0. The van der Waals surface area contributed by atoms with Gasteiger partial charge in [-0.2, -0.15) is 5.10 Å². The van der Waals surface area contributed by atoms with Gasteiger partial charge in [-0.15, -0.1) is 0 Å². The van der Waals surface area contributed by atoms with Crippen LogP contribution in [0, 0.1) is 24.0 Å². The zero-order valence-corrected chi connectivity index (χ0v) is 13.9. The number of anilines is 1. The normalized spacial score (nSPS) is 11.0. The first-order chi connectivity index (χ1) is 12.1. The summed E-state index contributed by atoms with van der Waals surface area (Å²) in [6, 6.07) is 12.9. The molecule has 3 aromatic rings. The summed E-state index contributed by atoms with van der Waals surface area (Å²) in [5.41, 5.74) is 6.82. The van der Waals surface area contributed by atoms with Crippen LogP contribution in [0.1, 0.15) is 16.8 Å². The first kappa shape index (κ1) is 16.4. The van der Waals surface area contributed by atoms with Gasteiger partial charge in [-0.3, -0.25) is 15.5 Å². The number of aromatic nitrogens is 2. The zero-order chi connectivity index (χ0) is 17.8. The van der Waals surface area contributed by atoms with Crippen molar-refractivity contribution < 1.29 is 4.92 Å². The molecule has 0 aliphatic heterocycles. The molecule has 7 nitrogen and oxygen atoms in total. The van der Waals surface area contributed by atoms with Crippen LogP contribution in [0.3, 0.4) is 0 Å². The number of nitrogens with zero attached hydrogens (tertiary/aromatic N) is 4. The Hall–Kier alpha value is -3.48. The lowest BCUT2D eigenvalue weighted by Gasteiger charge is -2.09. The second-order valence-corrected chi connectivity index (χ2v) is 5.57. The molecule has 2 heterocycles. The van der Waals surface area contributed by atoms with Crippen LogP contribution in [0.5, 0.6) is 0 Å². The maximum absolute atomic E-state index is 11.0. The molecule has 0 aliphatic rings. The number of rotatable bonds is 5. The van der Waals surface area contributed by atoms with E-state index in [0.717, 1.165) is 11.4 Å². The van der Waals surface area contributed by atoms with Gasteiger partial charge >= 0.3 is 5.69 Å². The second kappa shape index (κ2) is 6.96.